The first-order valence-corrected chi connectivity index (χ1v) is 12.4. The standard InChI is InChI=1S/C30H29NO8/c1-34-19-9-10-21(25(14-19)35-2)30(33)31-12-11-18-13-27(36-3)28(37-4)15-22(18)23(31)17-38-26-16-29(32)39-24-8-6-5-7-20(24)26/h5-10,13-16,23H,11-12,17H2,1-4H3. The van der Waals surface area contributed by atoms with Crippen LogP contribution in [0.3, 0.4) is 0 Å². The highest BCUT2D eigenvalue weighted by molar-refractivity contribution is 5.97. The van der Waals surface area contributed by atoms with E-state index >= 15 is 0 Å². The summed E-state index contributed by atoms with van der Waals surface area (Å²) in [4.78, 5) is 28.0. The number of fused-ring (bicyclic) bond motifs is 2. The van der Waals surface area contributed by atoms with Gasteiger partial charge in [0.05, 0.1) is 51.5 Å². The van der Waals surface area contributed by atoms with Crippen molar-refractivity contribution in [1.82, 2.24) is 4.90 Å². The number of carbonyl (C=O) groups excluding carboxylic acids is 1. The molecule has 9 nitrogen and oxygen atoms in total. The van der Waals surface area contributed by atoms with Gasteiger partial charge in [-0.15, -0.1) is 0 Å². The molecular formula is C30H29NO8. The minimum atomic E-state index is -0.518. The highest BCUT2D eigenvalue weighted by atomic mass is 16.5. The maximum absolute atomic E-state index is 14.0. The molecule has 0 N–H and O–H groups in total. The Kier molecular flexibility index (Phi) is 7.31. The zero-order valence-corrected chi connectivity index (χ0v) is 22.2. The van der Waals surface area contributed by atoms with E-state index in [0.29, 0.717) is 58.2 Å². The van der Waals surface area contributed by atoms with Crippen molar-refractivity contribution in [3.63, 3.8) is 0 Å². The van der Waals surface area contributed by atoms with Crippen LogP contribution in [0.1, 0.15) is 27.5 Å². The lowest BCUT2D eigenvalue weighted by molar-refractivity contribution is 0.0586. The predicted octanol–water partition coefficient (Wildman–Crippen LogP) is 4.65. The van der Waals surface area contributed by atoms with Crippen LogP contribution in [-0.4, -0.2) is 52.4 Å². The number of rotatable bonds is 8. The number of ether oxygens (including phenoxy) is 5. The summed E-state index contributed by atoms with van der Waals surface area (Å²) in [6.45, 7) is 0.516. The minimum absolute atomic E-state index is 0.0835. The third-order valence-corrected chi connectivity index (χ3v) is 6.91. The van der Waals surface area contributed by atoms with E-state index in [2.05, 4.69) is 0 Å². The van der Waals surface area contributed by atoms with Gasteiger partial charge in [0, 0.05) is 12.6 Å². The molecule has 0 bridgehead atoms. The van der Waals surface area contributed by atoms with E-state index in [-0.39, 0.29) is 12.5 Å². The van der Waals surface area contributed by atoms with Crippen molar-refractivity contribution in [3.8, 4) is 28.7 Å². The van der Waals surface area contributed by atoms with E-state index in [9.17, 15) is 9.59 Å². The van der Waals surface area contributed by atoms with Crippen molar-refractivity contribution in [2.24, 2.45) is 0 Å². The summed E-state index contributed by atoms with van der Waals surface area (Å²) in [6, 6.07) is 16.9. The second kappa shape index (κ2) is 11.0. The van der Waals surface area contributed by atoms with Gasteiger partial charge < -0.3 is 33.0 Å². The van der Waals surface area contributed by atoms with E-state index in [1.54, 1.807) is 56.6 Å². The number of carbonyl (C=O) groups is 1. The average Bonchev–Trinajstić information content (AvgIpc) is 2.97. The van der Waals surface area contributed by atoms with E-state index in [1.165, 1.54) is 13.2 Å². The first kappa shape index (κ1) is 26.0. The van der Waals surface area contributed by atoms with Gasteiger partial charge in [0.25, 0.3) is 5.91 Å². The van der Waals surface area contributed by atoms with Gasteiger partial charge in [-0.1, -0.05) is 12.1 Å². The molecule has 1 aliphatic heterocycles. The zero-order valence-electron chi connectivity index (χ0n) is 22.2. The summed E-state index contributed by atoms with van der Waals surface area (Å²) >= 11 is 0. The van der Waals surface area contributed by atoms with Crippen LogP contribution in [0.15, 0.2) is 69.9 Å². The van der Waals surface area contributed by atoms with E-state index in [1.807, 2.05) is 24.3 Å². The lowest BCUT2D eigenvalue weighted by Gasteiger charge is -2.38. The fourth-order valence-corrected chi connectivity index (χ4v) is 4.95. The molecule has 0 saturated carbocycles. The molecule has 1 amide bonds. The number of methoxy groups -OCH3 is 4. The molecule has 0 fully saturated rings. The third kappa shape index (κ3) is 4.95. The van der Waals surface area contributed by atoms with Gasteiger partial charge in [-0.05, 0) is 53.9 Å². The molecule has 1 unspecified atom stereocenters. The molecule has 202 valence electrons. The van der Waals surface area contributed by atoms with Gasteiger partial charge in [-0.3, -0.25) is 4.79 Å². The van der Waals surface area contributed by atoms with Gasteiger partial charge >= 0.3 is 5.63 Å². The molecular weight excluding hydrogens is 502 g/mol. The van der Waals surface area contributed by atoms with Crippen molar-refractivity contribution in [3.05, 3.63) is 87.8 Å². The van der Waals surface area contributed by atoms with Gasteiger partial charge in [-0.2, -0.15) is 0 Å². The SMILES string of the molecule is COc1ccc(C(=O)N2CCc3cc(OC)c(OC)cc3C2COc2cc(=O)oc3ccccc23)c(OC)c1. The normalized spacial score (nSPS) is 14.5. The van der Waals surface area contributed by atoms with Crippen LogP contribution >= 0.6 is 0 Å². The van der Waals surface area contributed by atoms with Crippen LogP contribution in [0.5, 0.6) is 28.7 Å². The Bertz CT molecular complexity index is 1580. The molecule has 1 aromatic heterocycles. The van der Waals surface area contributed by atoms with Crippen LogP contribution in [0.2, 0.25) is 0 Å². The average molecular weight is 532 g/mol. The van der Waals surface area contributed by atoms with Crippen molar-refractivity contribution in [1.29, 1.82) is 0 Å². The smallest absolute Gasteiger partial charge is 0.339 e. The topological polar surface area (TPSA) is 96.7 Å². The van der Waals surface area contributed by atoms with Crippen LogP contribution in [0.4, 0.5) is 0 Å². The number of hydrogen-bond acceptors (Lipinski definition) is 8. The molecule has 0 spiro atoms. The molecule has 1 aliphatic rings. The first-order chi connectivity index (χ1) is 19.0. The van der Waals surface area contributed by atoms with Gasteiger partial charge in [0.15, 0.2) is 11.5 Å². The first-order valence-electron chi connectivity index (χ1n) is 12.4. The third-order valence-electron chi connectivity index (χ3n) is 6.91. The molecule has 0 aliphatic carbocycles. The Morgan fingerprint density at radius 1 is 0.872 bits per heavy atom. The fraction of sp³-hybridized carbons (Fsp3) is 0.267. The quantitative estimate of drug-likeness (QED) is 0.303. The molecule has 3 aromatic carbocycles. The molecule has 4 aromatic rings. The Morgan fingerprint density at radius 3 is 2.36 bits per heavy atom. The number of nitrogens with zero attached hydrogens (tertiary/aromatic N) is 1. The van der Waals surface area contributed by atoms with Crippen LogP contribution in [0, 0.1) is 0 Å². The molecule has 0 radical (unpaired) electrons. The summed E-state index contributed by atoms with van der Waals surface area (Å²) in [6.07, 6.45) is 0.605. The maximum atomic E-state index is 14.0. The van der Waals surface area contributed by atoms with Crippen molar-refractivity contribution in [2.45, 2.75) is 12.5 Å². The van der Waals surface area contributed by atoms with Crippen molar-refractivity contribution < 1.29 is 32.9 Å². The number of hydrogen-bond donors (Lipinski definition) is 0. The van der Waals surface area contributed by atoms with Crippen LogP contribution < -0.4 is 29.3 Å². The number of amides is 1. The Hall–Kier alpha value is -4.66. The maximum Gasteiger partial charge on any atom is 0.339 e. The molecule has 0 saturated heterocycles. The lowest BCUT2D eigenvalue weighted by Crippen LogP contribution is -2.42. The second-order valence-electron chi connectivity index (χ2n) is 8.97. The van der Waals surface area contributed by atoms with Gasteiger partial charge in [-0.25, -0.2) is 4.79 Å². The monoisotopic (exact) mass is 531 g/mol. The molecule has 39 heavy (non-hydrogen) atoms. The molecule has 5 rings (SSSR count). The Morgan fingerprint density at radius 2 is 1.62 bits per heavy atom. The minimum Gasteiger partial charge on any atom is -0.497 e. The van der Waals surface area contributed by atoms with Gasteiger partial charge in [0.1, 0.15) is 29.4 Å². The summed E-state index contributed by atoms with van der Waals surface area (Å²) < 4.78 is 33.5. The van der Waals surface area contributed by atoms with E-state index in [4.69, 9.17) is 28.1 Å². The summed E-state index contributed by atoms with van der Waals surface area (Å²) in [7, 11) is 6.23. The van der Waals surface area contributed by atoms with Crippen LogP contribution in [-0.2, 0) is 6.42 Å². The predicted molar refractivity (Wildman–Crippen MR) is 145 cm³/mol. The second-order valence-corrected chi connectivity index (χ2v) is 8.97. The molecule has 1 atom stereocenters. The van der Waals surface area contributed by atoms with E-state index < -0.39 is 11.7 Å². The summed E-state index contributed by atoms with van der Waals surface area (Å²) in [5, 5.41) is 0.662. The Labute approximate surface area is 225 Å². The number of benzene rings is 3. The summed E-state index contributed by atoms with van der Waals surface area (Å²) in [5.74, 6) is 2.30. The lowest BCUT2D eigenvalue weighted by atomic mass is 9.91. The molecule has 2 heterocycles. The molecule has 9 heteroatoms. The Balaban J connectivity index is 1.57. The highest BCUT2D eigenvalue weighted by Gasteiger charge is 2.34. The fourth-order valence-electron chi connectivity index (χ4n) is 4.95. The zero-order chi connectivity index (χ0) is 27.5. The van der Waals surface area contributed by atoms with E-state index in [0.717, 1.165) is 11.1 Å². The van der Waals surface area contributed by atoms with Crippen molar-refractivity contribution >= 4 is 16.9 Å². The van der Waals surface area contributed by atoms with Gasteiger partial charge in [0.2, 0.25) is 0 Å². The highest BCUT2D eigenvalue weighted by Crippen LogP contribution is 2.40. The largest absolute Gasteiger partial charge is 0.497 e. The van der Waals surface area contributed by atoms with Crippen LogP contribution in [0.25, 0.3) is 11.0 Å². The summed E-state index contributed by atoms with van der Waals surface area (Å²) in [5.41, 5.74) is 2.19. The van der Waals surface area contributed by atoms with Crippen molar-refractivity contribution in [2.75, 3.05) is 41.6 Å². The number of para-hydroxylation sites is 1.